The van der Waals surface area contributed by atoms with E-state index in [4.69, 9.17) is 14.9 Å². The highest BCUT2D eigenvalue weighted by Crippen LogP contribution is 2.54. The minimum atomic E-state index is -1.76. The quantitative estimate of drug-likeness (QED) is 0.776. The summed E-state index contributed by atoms with van der Waals surface area (Å²) < 4.78 is 10.7. The predicted octanol–water partition coefficient (Wildman–Crippen LogP) is 2.94. The van der Waals surface area contributed by atoms with E-state index in [-0.39, 0.29) is 24.4 Å². The number of nitrogens with zero attached hydrogens (tertiary/aromatic N) is 4. The average molecular weight is 391 g/mol. The fourth-order valence-electron chi connectivity index (χ4n) is 3.98. The molecule has 0 fully saturated rings. The summed E-state index contributed by atoms with van der Waals surface area (Å²) in [6.45, 7) is 5.75. The molecule has 0 bridgehead atoms. The van der Waals surface area contributed by atoms with Crippen LogP contribution in [0.3, 0.4) is 0 Å². The topological polar surface area (TPSA) is 140 Å². The number of nitrogens with two attached hydrogens (primary N) is 1. The van der Waals surface area contributed by atoms with Crippen LogP contribution < -0.4 is 5.73 Å². The normalized spacial score (nSPS) is 23.2. The lowest BCUT2D eigenvalue weighted by molar-refractivity contribution is 0.0224. The van der Waals surface area contributed by atoms with Crippen LogP contribution in [0.25, 0.3) is 0 Å². The summed E-state index contributed by atoms with van der Waals surface area (Å²) in [5.41, 5.74) is 5.09. The van der Waals surface area contributed by atoms with Gasteiger partial charge in [-0.1, -0.05) is 6.08 Å². The molecule has 1 aromatic rings. The Morgan fingerprint density at radius 1 is 1.34 bits per heavy atom. The molecular weight excluding hydrogens is 370 g/mol. The van der Waals surface area contributed by atoms with Crippen molar-refractivity contribution in [2.75, 3.05) is 13.1 Å². The first-order chi connectivity index (χ1) is 13.7. The molecule has 3 rings (SSSR count). The number of fused-ring (bicyclic) bond motifs is 1. The van der Waals surface area contributed by atoms with E-state index in [9.17, 15) is 20.6 Å². The van der Waals surface area contributed by atoms with Gasteiger partial charge in [0.25, 0.3) is 0 Å². The molecule has 29 heavy (non-hydrogen) atoms. The van der Waals surface area contributed by atoms with Gasteiger partial charge in [0.2, 0.25) is 0 Å². The van der Waals surface area contributed by atoms with E-state index in [0.717, 1.165) is 0 Å². The summed E-state index contributed by atoms with van der Waals surface area (Å²) in [6, 6.07) is 7.79. The molecule has 0 saturated carbocycles. The third kappa shape index (κ3) is 3.22. The van der Waals surface area contributed by atoms with E-state index < -0.39 is 28.9 Å². The van der Waals surface area contributed by atoms with Crippen LogP contribution >= 0.6 is 0 Å². The number of ether oxygens (including phenoxy) is 1. The molecule has 2 atom stereocenters. The van der Waals surface area contributed by atoms with Crippen molar-refractivity contribution in [3.63, 3.8) is 0 Å². The number of nitriles is 3. The van der Waals surface area contributed by atoms with Crippen LogP contribution in [0.15, 0.2) is 45.9 Å². The first-order valence-electron chi connectivity index (χ1n) is 9.11. The Balaban J connectivity index is 2.14. The van der Waals surface area contributed by atoms with Crippen LogP contribution in [0.5, 0.6) is 0 Å². The summed E-state index contributed by atoms with van der Waals surface area (Å²) in [4.78, 5) is 14.1. The summed E-state index contributed by atoms with van der Waals surface area (Å²) >= 11 is 0. The van der Waals surface area contributed by atoms with Crippen LogP contribution in [0.4, 0.5) is 4.79 Å². The fourth-order valence-corrected chi connectivity index (χ4v) is 3.98. The zero-order valence-corrected chi connectivity index (χ0v) is 16.5. The molecule has 1 amide bonds. The lowest BCUT2D eigenvalue weighted by Gasteiger charge is -2.45. The lowest BCUT2D eigenvalue weighted by Crippen LogP contribution is -2.50. The highest BCUT2D eigenvalue weighted by Gasteiger charge is 2.55. The van der Waals surface area contributed by atoms with Crippen molar-refractivity contribution < 1.29 is 13.9 Å². The van der Waals surface area contributed by atoms with Gasteiger partial charge in [0.05, 0.1) is 35.9 Å². The number of allylic oxidation sites excluding steroid dienone is 2. The Labute approximate surface area is 169 Å². The van der Waals surface area contributed by atoms with Crippen molar-refractivity contribution in [2.45, 2.75) is 32.3 Å². The first kappa shape index (κ1) is 20.0. The largest absolute Gasteiger partial charge is 0.472 e. The van der Waals surface area contributed by atoms with Gasteiger partial charge in [-0.25, -0.2) is 4.79 Å². The Hall–Kier alpha value is -3.70. The molecule has 2 heterocycles. The van der Waals surface area contributed by atoms with Gasteiger partial charge >= 0.3 is 6.09 Å². The molecule has 0 aromatic carbocycles. The van der Waals surface area contributed by atoms with Crippen molar-refractivity contribution in [3.05, 3.63) is 47.1 Å². The van der Waals surface area contributed by atoms with Crippen molar-refractivity contribution in [3.8, 4) is 18.2 Å². The highest BCUT2D eigenvalue weighted by atomic mass is 16.6. The Kier molecular flexibility index (Phi) is 4.86. The molecule has 8 heteroatoms. The van der Waals surface area contributed by atoms with Crippen molar-refractivity contribution >= 4 is 6.09 Å². The van der Waals surface area contributed by atoms with Crippen LogP contribution in [0.2, 0.25) is 0 Å². The Bertz CT molecular complexity index is 995. The van der Waals surface area contributed by atoms with Crippen LogP contribution in [-0.4, -0.2) is 29.7 Å². The van der Waals surface area contributed by atoms with E-state index in [1.165, 1.54) is 17.4 Å². The minimum Gasteiger partial charge on any atom is -0.472 e. The van der Waals surface area contributed by atoms with E-state index in [1.807, 2.05) is 12.1 Å². The van der Waals surface area contributed by atoms with Gasteiger partial charge in [-0.2, -0.15) is 15.8 Å². The zero-order chi connectivity index (χ0) is 21.4. The number of hydrogen-bond acceptors (Lipinski definition) is 7. The van der Waals surface area contributed by atoms with Crippen molar-refractivity contribution in [1.29, 1.82) is 15.8 Å². The highest BCUT2D eigenvalue weighted by molar-refractivity contribution is 5.70. The molecule has 2 aliphatic rings. The van der Waals surface area contributed by atoms with Gasteiger partial charge < -0.3 is 19.8 Å². The maximum Gasteiger partial charge on any atom is 0.410 e. The number of rotatable bonds is 1. The molecule has 0 radical (unpaired) electrons. The van der Waals surface area contributed by atoms with Crippen molar-refractivity contribution in [2.24, 2.45) is 17.1 Å². The molecule has 148 valence electrons. The average Bonchev–Trinajstić information content (AvgIpc) is 3.19. The van der Waals surface area contributed by atoms with Crippen molar-refractivity contribution in [1.82, 2.24) is 4.90 Å². The smallest absolute Gasteiger partial charge is 0.410 e. The number of carbonyl (C=O) groups is 1. The molecule has 0 spiro atoms. The summed E-state index contributed by atoms with van der Waals surface area (Å²) in [5.74, 6) is -1.19. The molecule has 1 aliphatic carbocycles. The SMILES string of the molecule is CC(C)(C)OC(=O)N1CC=C2C(C#N)=C(N)C(C#N)(C#N)C(c3ccoc3)[C@H]2C1. The number of hydrogen-bond donors (Lipinski definition) is 1. The maximum atomic E-state index is 12.6. The molecule has 1 aromatic heterocycles. The second-order valence-electron chi connectivity index (χ2n) is 8.12. The summed E-state index contributed by atoms with van der Waals surface area (Å²) in [7, 11) is 0. The Morgan fingerprint density at radius 3 is 2.55 bits per heavy atom. The molecule has 8 nitrogen and oxygen atoms in total. The van der Waals surface area contributed by atoms with Crippen LogP contribution in [0.1, 0.15) is 32.3 Å². The standard InChI is InChI=1S/C21H21N5O3/c1-20(2,3)29-19(27)26-6-4-14-15(8-22)18(25)21(11-23,12-24)17(16(14)9-26)13-5-7-28-10-13/h4-5,7,10,16-17H,6,9,25H2,1-3H3/t16-,17?/m0/s1. The van der Waals surface area contributed by atoms with Gasteiger partial charge in [-0.05, 0) is 38.0 Å². The van der Waals surface area contributed by atoms with Gasteiger partial charge in [0.15, 0.2) is 5.41 Å². The number of furan rings is 1. The van der Waals surface area contributed by atoms with E-state index >= 15 is 0 Å². The maximum absolute atomic E-state index is 12.6. The fraction of sp³-hybridized carbons (Fsp3) is 0.429. The van der Waals surface area contributed by atoms with Crippen LogP contribution in [-0.2, 0) is 4.74 Å². The molecule has 1 aliphatic heterocycles. The lowest BCUT2D eigenvalue weighted by atomic mass is 9.58. The van der Waals surface area contributed by atoms with E-state index in [2.05, 4.69) is 6.07 Å². The van der Waals surface area contributed by atoms with Crippen LogP contribution in [0, 0.1) is 45.3 Å². The van der Waals surface area contributed by atoms with E-state index in [0.29, 0.717) is 11.1 Å². The zero-order valence-electron chi connectivity index (χ0n) is 16.5. The number of amides is 1. The van der Waals surface area contributed by atoms with Gasteiger partial charge in [0.1, 0.15) is 11.7 Å². The monoisotopic (exact) mass is 391 g/mol. The second-order valence-corrected chi connectivity index (χ2v) is 8.12. The molecule has 1 unspecified atom stereocenters. The minimum absolute atomic E-state index is 0.0654. The van der Waals surface area contributed by atoms with Gasteiger partial charge in [-0.3, -0.25) is 0 Å². The van der Waals surface area contributed by atoms with Gasteiger partial charge in [-0.15, -0.1) is 0 Å². The summed E-state index contributed by atoms with van der Waals surface area (Å²) in [5, 5.41) is 29.6. The molecular formula is C21H21N5O3. The summed E-state index contributed by atoms with van der Waals surface area (Å²) in [6.07, 6.45) is 4.16. The van der Waals surface area contributed by atoms with E-state index in [1.54, 1.807) is 32.9 Å². The predicted molar refractivity (Wildman–Crippen MR) is 101 cm³/mol. The molecule has 0 saturated heterocycles. The third-order valence-electron chi connectivity index (χ3n) is 5.22. The second kappa shape index (κ2) is 7.04. The number of carbonyl (C=O) groups excluding carboxylic acids is 1. The van der Waals surface area contributed by atoms with Gasteiger partial charge in [0, 0.05) is 24.9 Å². The Morgan fingerprint density at radius 2 is 2.03 bits per heavy atom. The third-order valence-corrected chi connectivity index (χ3v) is 5.22. The molecule has 2 N–H and O–H groups in total. The first-order valence-corrected chi connectivity index (χ1v) is 9.11.